The Morgan fingerprint density at radius 2 is 0.929 bits per heavy atom. The molecule has 0 amide bonds. The van der Waals surface area contributed by atoms with Crippen molar-refractivity contribution in [3.8, 4) is 33.4 Å². The lowest BCUT2D eigenvalue weighted by atomic mass is 9.82. The minimum Gasteiger partial charge on any atom is -0.224 e. The largest absolute Gasteiger partial charge is 0.224 e. The van der Waals surface area contributed by atoms with Gasteiger partial charge in [-0.3, -0.25) is 0 Å². The predicted molar refractivity (Wildman–Crippen MR) is 173 cm³/mol. The van der Waals surface area contributed by atoms with E-state index in [0.717, 1.165) is 66.1 Å². The molecule has 6 aromatic carbocycles. The standard InChI is InChI=1S/C36H30O4S2/c1-23-33(25-16-18-29(19-17-25)41(3,37)38)21-27-10-5-7-14-31(27)35(23)36-24(2)34(22-28-11-6-8-15-32(28)36)26-12-9-13-30(20-26)42(4,39)40/h5-22H,1-4H3. The topological polar surface area (TPSA) is 68.3 Å². The zero-order chi connectivity index (χ0) is 29.8. The molecule has 0 radical (unpaired) electrons. The molecule has 0 N–H and O–H groups in total. The maximum Gasteiger partial charge on any atom is 0.175 e. The molecule has 6 heteroatoms. The lowest BCUT2D eigenvalue weighted by Crippen LogP contribution is -1.99. The summed E-state index contributed by atoms with van der Waals surface area (Å²) < 4.78 is 49.0. The molecule has 0 bridgehead atoms. The maximum absolute atomic E-state index is 12.4. The normalized spacial score (nSPS) is 12.2. The highest BCUT2D eigenvalue weighted by atomic mass is 32.2. The Hall–Kier alpha value is -4.26. The van der Waals surface area contributed by atoms with Crippen LogP contribution in [-0.2, 0) is 19.7 Å². The van der Waals surface area contributed by atoms with Crippen molar-refractivity contribution in [2.24, 2.45) is 0 Å². The molecule has 6 rings (SSSR count). The van der Waals surface area contributed by atoms with Gasteiger partial charge in [0.2, 0.25) is 0 Å². The van der Waals surface area contributed by atoms with Gasteiger partial charge in [0, 0.05) is 12.5 Å². The highest BCUT2D eigenvalue weighted by Gasteiger charge is 2.21. The van der Waals surface area contributed by atoms with Crippen molar-refractivity contribution in [2.45, 2.75) is 23.6 Å². The van der Waals surface area contributed by atoms with Crippen LogP contribution in [0.4, 0.5) is 0 Å². The Balaban J connectivity index is 1.70. The third kappa shape index (κ3) is 4.91. The number of rotatable bonds is 5. The van der Waals surface area contributed by atoms with Gasteiger partial charge in [-0.1, -0.05) is 72.8 Å². The number of sulfone groups is 2. The Bertz CT molecular complexity index is 2250. The maximum atomic E-state index is 12.4. The van der Waals surface area contributed by atoms with Gasteiger partial charge in [0.05, 0.1) is 9.79 Å². The molecule has 0 spiro atoms. The van der Waals surface area contributed by atoms with Crippen LogP contribution >= 0.6 is 0 Å². The van der Waals surface area contributed by atoms with Gasteiger partial charge in [-0.2, -0.15) is 0 Å². The first-order valence-corrected chi connectivity index (χ1v) is 17.4. The third-order valence-electron chi connectivity index (χ3n) is 8.03. The number of hydrogen-bond acceptors (Lipinski definition) is 4. The summed E-state index contributed by atoms with van der Waals surface area (Å²) in [6, 6.07) is 35.1. The highest BCUT2D eigenvalue weighted by Crippen LogP contribution is 2.45. The molecular weight excluding hydrogens is 561 g/mol. The average Bonchev–Trinajstić information content (AvgIpc) is 2.96. The van der Waals surface area contributed by atoms with E-state index in [2.05, 4.69) is 50.2 Å². The van der Waals surface area contributed by atoms with E-state index in [1.165, 1.54) is 12.5 Å². The molecule has 42 heavy (non-hydrogen) atoms. The number of hydrogen-bond donors (Lipinski definition) is 0. The van der Waals surface area contributed by atoms with E-state index in [4.69, 9.17) is 0 Å². The molecule has 0 atom stereocenters. The van der Waals surface area contributed by atoms with Crippen LogP contribution in [0.15, 0.2) is 119 Å². The molecule has 0 fully saturated rings. The fourth-order valence-corrected chi connectivity index (χ4v) is 7.22. The highest BCUT2D eigenvalue weighted by molar-refractivity contribution is 7.91. The van der Waals surface area contributed by atoms with Crippen molar-refractivity contribution in [3.05, 3.63) is 120 Å². The summed E-state index contributed by atoms with van der Waals surface area (Å²) in [5.41, 5.74) is 8.11. The average molecular weight is 591 g/mol. The summed E-state index contributed by atoms with van der Waals surface area (Å²) in [4.78, 5) is 0.575. The van der Waals surface area contributed by atoms with E-state index in [-0.39, 0.29) is 9.79 Å². The smallest absolute Gasteiger partial charge is 0.175 e. The molecule has 0 aromatic heterocycles. The van der Waals surface area contributed by atoms with Crippen molar-refractivity contribution >= 4 is 41.2 Å². The van der Waals surface area contributed by atoms with Crippen molar-refractivity contribution < 1.29 is 16.8 Å². The van der Waals surface area contributed by atoms with Crippen LogP contribution in [0.2, 0.25) is 0 Å². The Kier molecular flexibility index (Phi) is 6.79. The quantitative estimate of drug-likeness (QED) is 0.202. The van der Waals surface area contributed by atoms with Crippen LogP contribution in [0.25, 0.3) is 54.9 Å². The Morgan fingerprint density at radius 1 is 0.452 bits per heavy atom. The summed E-state index contributed by atoms with van der Waals surface area (Å²) in [6.07, 6.45) is 2.45. The number of fused-ring (bicyclic) bond motifs is 2. The second-order valence-electron chi connectivity index (χ2n) is 10.9. The molecule has 0 saturated carbocycles. The molecule has 0 unspecified atom stereocenters. The van der Waals surface area contributed by atoms with Crippen LogP contribution in [0.3, 0.4) is 0 Å². The van der Waals surface area contributed by atoms with Gasteiger partial charge in [-0.25, -0.2) is 16.8 Å². The van der Waals surface area contributed by atoms with Crippen molar-refractivity contribution in [1.29, 1.82) is 0 Å². The SMILES string of the molecule is Cc1c(-c2ccc(S(C)(=O)=O)cc2)cc2ccccc2c1-c1c(C)c(-c2cccc(S(C)(=O)=O)c2)cc2ccccc12. The fraction of sp³-hybridized carbons (Fsp3) is 0.111. The van der Waals surface area contributed by atoms with Gasteiger partial charge in [-0.15, -0.1) is 0 Å². The molecule has 0 heterocycles. The molecule has 6 aromatic rings. The third-order valence-corrected chi connectivity index (χ3v) is 10.3. The fourth-order valence-electron chi connectivity index (χ4n) is 5.92. The first kappa shape index (κ1) is 27.9. The summed E-state index contributed by atoms with van der Waals surface area (Å²) in [7, 11) is -6.68. The minimum absolute atomic E-state index is 0.287. The van der Waals surface area contributed by atoms with E-state index in [1.807, 2.05) is 42.5 Å². The Labute approximate surface area is 247 Å². The number of benzene rings is 6. The summed E-state index contributed by atoms with van der Waals surface area (Å²) in [6.45, 7) is 4.22. The second kappa shape index (κ2) is 10.2. The zero-order valence-electron chi connectivity index (χ0n) is 23.8. The molecule has 210 valence electrons. The summed E-state index contributed by atoms with van der Waals surface area (Å²) in [5.74, 6) is 0. The van der Waals surface area contributed by atoms with E-state index in [0.29, 0.717) is 0 Å². The summed E-state index contributed by atoms with van der Waals surface area (Å²) >= 11 is 0. The van der Waals surface area contributed by atoms with E-state index >= 15 is 0 Å². The lowest BCUT2D eigenvalue weighted by Gasteiger charge is -2.22. The summed E-state index contributed by atoms with van der Waals surface area (Å²) in [5, 5.41) is 4.36. The first-order valence-electron chi connectivity index (χ1n) is 13.6. The van der Waals surface area contributed by atoms with Crippen molar-refractivity contribution in [2.75, 3.05) is 12.5 Å². The monoisotopic (exact) mass is 590 g/mol. The molecule has 0 saturated heterocycles. The molecule has 0 aliphatic carbocycles. The lowest BCUT2D eigenvalue weighted by molar-refractivity contribution is 0.600. The Morgan fingerprint density at radius 3 is 1.43 bits per heavy atom. The molecule has 4 nitrogen and oxygen atoms in total. The van der Waals surface area contributed by atoms with Crippen molar-refractivity contribution in [1.82, 2.24) is 0 Å². The molecule has 0 aliphatic rings. The van der Waals surface area contributed by atoms with Crippen LogP contribution in [-0.4, -0.2) is 29.3 Å². The van der Waals surface area contributed by atoms with E-state index in [9.17, 15) is 16.8 Å². The van der Waals surface area contributed by atoms with Gasteiger partial charge < -0.3 is 0 Å². The van der Waals surface area contributed by atoms with E-state index < -0.39 is 19.7 Å². The van der Waals surface area contributed by atoms with Crippen LogP contribution in [0.5, 0.6) is 0 Å². The first-order chi connectivity index (χ1) is 19.9. The second-order valence-corrected chi connectivity index (χ2v) is 14.9. The van der Waals surface area contributed by atoms with E-state index in [1.54, 1.807) is 30.3 Å². The van der Waals surface area contributed by atoms with Gasteiger partial charge >= 0.3 is 0 Å². The van der Waals surface area contributed by atoms with Gasteiger partial charge in [0.15, 0.2) is 19.7 Å². The van der Waals surface area contributed by atoms with Gasteiger partial charge in [0.1, 0.15) is 0 Å². The van der Waals surface area contributed by atoms with Crippen molar-refractivity contribution in [3.63, 3.8) is 0 Å². The predicted octanol–water partition coefficient (Wildman–Crippen LogP) is 8.42. The van der Waals surface area contributed by atoms with Gasteiger partial charge in [0.25, 0.3) is 0 Å². The molecule has 0 aliphatic heterocycles. The van der Waals surface area contributed by atoms with Gasteiger partial charge in [-0.05, 0) is 116 Å². The van der Waals surface area contributed by atoms with Crippen LogP contribution in [0, 0.1) is 13.8 Å². The van der Waals surface area contributed by atoms with Crippen LogP contribution in [0.1, 0.15) is 11.1 Å². The minimum atomic E-state index is -3.37. The zero-order valence-corrected chi connectivity index (χ0v) is 25.5. The van der Waals surface area contributed by atoms with Crippen LogP contribution < -0.4 is 0 Å². The molecular formula is C36H30O4S2.